The number of amides is 4. The van der Waals surface area contributed by atoms with E-state index in [0.717, 1.165) is 24.3 Å². The van der Waals surface area contributed by atoms with Gasteiger partial charge in [-0.25, -0.2) is 4.79 Å². The second kappa shape index (κ2) is 5.56. The summed E-state index contributed by atoms with van der Waals surface area (Å²) >= 11 is 0. The molecule has 22 heavy (non-hydrogen) atoms. The third kappa shape index (κ3) is 2.59. The second-order valence-corrected chi connectivity index (χ2v) is 7.29. The molecule has 0 aromatic rings. The average molecular weight is 307 g/mol. The number of carbonyl (C=O) groups is 3. The summed E-state index contributed by atoms with van der Waals surface area (Å²) in [5.41, 5.74) is -0.910. The minimum absolute atomic E-state index is 0.0854. The fourth-order valence-corrected chi connectivity index (χ4v) is 4.12. The van der Waals surface area contributed by atoms with Gasteiger partial charge in [-0.15, -0.1) is 0 Å². The van der Waals surface area contributed by atoms with Crippen LogP contribution in [0.1, 0.15) is 52.4 Å². The van der Waals surface area contributed by atoms with E-state index in [2.05, 4.69) is 5.32 Å². The van der Waals surface area contributed by atoms with Crippen LogP contribution in [0.25, 0.3) is 0 Å². The molecule has 2 aliphatic heterocycles. The van der Waals surface area contributed by atoms with E-state index >= 15 is 0 Å². The first kappa shape index (κ1) is 15.3. The van der Waals surface area contributed by atoms with Crippen LogP contribution in [0.4, 0.5) is 4.79 Å². The lowest BCUT2D eigenvalue weighted by Gasteiger charge is -2.44. The van der Waals surface area contributed by atoms with Crippen molar-refractivity contribution < 1.29 is 14.4 Å². The van der Waals surface area contributed by atoms with Crippen LogP contribution < -0.4 is 5.32 Å². The van der Waals surface area contributed by atoms with E-state index < -0.39 is 11.6 Å². The fourth-order valence-electron chi connectivity index (χ4n) is 4.12. The number of rotatable bonds is 2. The quantitative estimate of drug-likeness (QED) is 0.786. The molecule has 0 aromatic heterocycles. The predicted octanol–water partition coefficient (Wildman–Crippen LogP) is 1.50. The van der Waals surface area contributed by atoms with Gasteiger partial charge in [0.05, 0.1) is 0 Å². The molecule has 6 heteroatoms. The average Bonchev–Trinajstić information content (AvgIpc) is 2.68. The van der Waals surface area contributed by atoms with E-state index in [1.807, 2.05) is 4.90 Å². The number of nitrogens with one attached hydrogen (secondary N) is 1. The zero-order valence-electron chi connectivity index (χ0n) is 13.4. The SMILES string of the molecule is CC1(C)NC(=O)N(CC(=O)N2CCC[C@@H]3CCCC[C@H]32)C1=O. The maximum Gasteiger partial charge on any atom is 0.325 e. The topological polar surface area (TPSA) is 69.7 Å². The smallest absolute Gasteiger partial charge is 0.325 e. The van der Waals surface area contributed by atoms with E-state index in [-0.39, 0.29) is 18.4 Å². The Labute approximate surface area is 131 Å². The summed E-state index contributed by atoms with van der Waals surface area (Å²) in [6.07, 6.45) is 6.90. The molecular weight excluding hydrogens is 282 g/mol. The molecule has 0 aromatic carbocycles. The summed E-state index contributed by atoms with van der Waals surface area (Å²) < 4.78 is 0. The van der Waals surface area contributed by atoms with E-state index in [9.17, 15) is 14.4 Å². The van der Waals surface area contributed by atoms with Crippen LogP contribution in [-0.4, -0.2) is 52.3 Å². The van der Waals surface area contributed by atoms with Crippen LogP contribution in [0.15, 0.2) is 0 Å². The Balaban J connectivity index is 1.69. The molecule has 0 radical (unpaired) electrons. The number of hydrogen-bond acceptors (Lipinski definition) is 3. The molecule has 3 aliphatic rings. The number of imide groups is 1. The molecule has 122 valence electrons. The summed E-state index contributed by atoms with van der Waals surface area (Å²) in [6.45, 7) is 3.95. The van der Waals surface area contributed by atoms with Gasteiger partial charge in [0.25, 0.3) is 5.91 Å². The zero-order chi connectivity index (χ0) is 15.9. The maximum atomic E-state index is 12.7. The molecule has 6 nitrogen and oxygen atoms in total. The molecule has 1 aliphatic carbocycles. The van der Waals surface area contributed by atoms with E-state index in [4.69, 9.17) is 0 Å². The molecule has 4 amide bonds. The van der Waals surface area contributed by atoms with Crippen LogP contribution in [0.2, 0.25) is 0 Å². The molecule has 1 N–H and O–H groups in total. The Morgan fingerprint density at radius 1 is 1.18 bits per heavy atom. The lowest BCUT2D eigenvalue weighted by molar-refractivity contribution is -0.142. The van der Waals surface area contributed by atoms with E-state index in [0.29, 0.717) is 12.0 Å². The molecule has 2 atom stereocenters. The van der Waals surface area contributed by atoms with Gasteiger partial charge in [-0.2, -0.15) is 0 Å². The van der Waals surface area contributed by atoms with Crippen LogP contribution in [0, 0.1) is 5.92 Å². The number of nitrogens with zero attached hydrogens (tertiary/aromatic N) is 2. The lowest BCUT2D eigenvalue weighted by Crippen LogP contribution is -2.53. The molecule has 1 saturated carbocycles. The van der Waals surface area contributed by atoms with Crippen molar-refractivity contribution in [3.63, 3.8) is 0 Å². The Kier molecular flexibility index (Phi) is 3.87. The van der Waals surface area contributed by atoms with Gasteiger partial charge in [0.1, 0.15) is 12.1 Å². The van der Waals surface area contributed by atoms with Crippen LogP contribution in [-0.2, 0) is 9.59 Å². The first-order chi connectivity index (χ1) is 10.4. The molecule has 2 heterocycles. The van der Waals surface area contributed by atoms with Gasteiger partial charge in [-0.05, 0) is 45.4 Å². The van der Waals surface area contributed by atoms with Crippen molar-refractivity contribution in [2.24, 2.45) is 5.92 Å². The van der Waals surface area contributed by atoms with E-state index in [1.54, 1.807) is 13.8 Å². The van der Waals surface area contributed by atoms with Crippen molar-refractivity contribution in [2.45, 2.75) is 64.0 Å². The van der Waals surface area contributed by atoms with Crippen molar-refractivity contribution in [3.8, 4) is 0 Å². The first-order valence-corrected chi connectivity index (χ1v) is 8.34. The van der Waals surface area contributed by atoms with E-state index in [1.165, 1.54) is 25.7 Å². The third-order valence-corrected chi connectivity index (χ3v) is 5.30. The monoisotopic (exact) mass is 307 g/mol. The lowest BCUT2D eigenvalue weighted by atomic mass is 9.78. The minimum Gasteiger partial charge on any atom is -0.338 e. The highest BCUT2D eigenvalue weighted by molar-refractivity contribution is 6.08. The largest absolute Gasteiger partial charge is 0.338 e. The Morgan fingerprint density at radius 2 is 1.86 bits per heavy atom. The minimum atomic E-state index is -0.910. The van der Waals surface area contributed by atoms with Crippen LogP contribution in [0.5, 0.6) is 0 Å². The maximum absolute atomic E-state index is 12.7. The molecule has 2 saturated heterocycles. The van der Waals surface area contributed by atoms with Gasteiger partial charge < -0.3 is 10.2 Å². The highest BCUT2D eigenvalue weighted by atomic mass is 16.2. The van der Waals surface area contributed by atoms with Crippen LogP contribution in [0.3, 0.4) is 0 Å². The summed E-state index contributed by atoms with van der Waals surface area (Å²) in [5.74, 6) is 0.201. The van der Waals surface area contributed by atoms with Gasteiger partial charge >= 0.3 is 6.03 Å². The van der Waals surface area contributed by atoms with Crippen LogP contribution >= 0.6 is 0 Å². The molecule has 0 spiro atoms. The molecule has 3 rings (SSSR count). The number of fused-ring (bicyclic) bond motifs is 1. The Morgan fingerprint density at radius 3 is 2.55 bits per heavy atom. The molecule has 0 bridgehead atoms. The summed E-state index contributed by atoms with van der Waals surface area (Å²) in [7, 11) is 0. The van der Waals surface area contributed by atoms with Gasteiger partial charge in [-0.3, -0.25) is 14.5 Å². The number of piperidine rings is 1. The standard InChI is InChI=1S/C16H25N3O3/c1-16(2)14(21)19(15(22)17-16)10-13(20)18-9-5-7-11-6-3-4-8-12(11)18/h11-12H,3-10H2,1-2H3,(H,17,22)/t11-,12+/m0/s1. The van der Waals surface area contributed by atoms with Crippen molar-refractivity contribution >= 4 is 17.8 Å². The normalized spacial score (nSPS) is 31.0. The molecular formula is C16H25N3O3. The predicted molar refractivity (Wildman–Crippen MR) is 81.0 cm³/mol. The van der Waals surface area contributed by atoms with Crippen molar-refractivity contribution in [1.29, 1.82) is 0 Å². The highest BCUT2D eigenvalue weighted by Gasteiger charge is 2.46. The Bertz CT molecular complexity index is 501. The summed E-state index contributed by atoms with van der Waals surface area (Å²) in [5, 5.41) is 2.62. The number of carbonyl (C=O) groups excluding carboxylic acids is 3. The second-order valence-electron chi connectivity index (χ2n) is 7.29. The molecule has 0 unspecified atom stereocenters. The summed E-state index contributed by atoms with van der Waals surface area (Å²) in [4.78, 5) is 39.8. The Hall–Kier alpha value is -1.59. The zero-order valence-corrected chi connectivity index (χ0v) is 13.4. The van der Waals surface area contributed by atoms with Crippen molar-refractivity contribution in [2.75, 3.05) is 13.1 Å². The first-order valence-electron chi connectivity index (χ1n) is 8.34. The van der Waals surface area contributed by atoms with Crippen molar-refractivity contribution in [1.82, 2.24) is 15.1 Å². The van der Waals surface area contributed by atoms with Gasteiger partial charge in [-0.1, -0.05) is 12.8 Å². The number of likely N-dealkylation sites (tertiary alicyclic amines) is 1. The fraction of sp³-hybridized carbons (Fsp3) is 0.812. The van der Waals surface area contributed by atoms with Crippen molar-refractivity contribution in [3.05, 3.63) is 0 Å². The third-order valence-electron chi connectivity index (χ3n) is 5.30. The number of urea groups is 1. The van der Waals surface area contributed by atoms with Gasteiger partial charge in [0, 0.05) is 12.6 Å². The summed E-state index contributed by atoms with van der Waals surface area (Å²) in [6, 6.07) is -0.149. The highest BCUT2D eigenvalue weighted by Crippen LogP contribution is 2.35. The van der Waals surface area contributed by atoms with Gasteiger partial charge in [0.15, 0.2) is 0 Å². The number of hydrogen-bond donors (Lipinski definition) is 1. The van der Waals surface area contributed by atoms with Gasteiger partial charge in [0.2, 0.25) is 5.91 Å². The molecule has 3 fully saturated rings.